The van der Waals surface area contributed by atoms with E-state index >= 15 is 0 Å². The number of H-pyrrole nitrogens is 1. The molecule has 0 aliphatic carbocycles. The minimum Gasteiger partial charge on any atom is -0.306 e. The Balaban J connectivity index is 2.44. The number of benzene rings is 2. The Kier molecular flexibility index (Phi) is 3.65. The van der Waals surface area contributed by atoms with Crippen molar-refractivity contribution in [1.29, 1.82) is 0 Å². The van der Waals surface area contributed by atoms with Crippen LogP contribution < -0.4 is 11.2 Å². The highest BCUT2D eigenvalue weighted by molar-refractivity contribution is 9.10. The Morgan fingerprint density at radius 3 is 2.62 bits per heavy atom. The predicted octanol–water partition coefficient (Wildman–Crippen LogP) is 3.75. The molecule has 1 heterocycles. The van der Waals surface area contributed by atoms with E-state index in [1.807, 2.05) is 0 Å². The molecular formula is C14H7BrCl2N2O2. The van der Waals surface area contributed by atoms with Crippen molar-refractivity contribution in [2.24, 2.45) is 0 Å². The van der Waals surface area contributed by atoms with Crippen molar-refractivity contribution in [2.75, 3.05) is 0 Å². The van der Waals surface area contributed by atoms with Gasteiger partial charge in [-0.25, -0.2) is 9.36 Å². The zero-order valence-corrected chi connectivity index (χ0v) is 13.5. The molecule has 21 heavy (non-hydrogen) atoms. The first-order chi connectivity index (χ1) is 9.99. The number of halogens is 3. The Morgan fingerprint density at radius 1 is 1.10 bits per heavy atom. The number of hydrogen-bond donors (Lipinski definition) is 1. The third-order valence-electron chi connectivity index (χ3n) is 3.03. The van der Waals surface area contributed by atoms with E-state index in [0.717, 1.165) is 9.04 Å². The minimum absolute atomic E-state index is 0.156. The second-order valence-electron chi connectivity index (χ2n) is 4.33. The molecule has 0 bridgehead atoms. The molecular weight excluding hydrogens is 379 g/mol. The number of aromatic amines is 1. The maximum Gasteiger partial charge on any atom is 0.333 e. The van der Waals surface area contributed by atoms with E-state index in [0.29, 0.717) is 10.9 Å². The maximum absolute atomic E-state index is 12.6. The van der Waals surface area contributed by atoms with Gasteiger partial charge in [-0.1, -0.05) is 45.2 Å². The zero-order valence-electron chi connectivity index (χ0n) is 10.4. The van der Waals surface area contributed by atoms with Crippen LogP contribution in [-0.2, 0) is 0 Å². The molecule has 0 unspecified atom stereocenters. The summed E-state index contributed by atoms with van der Waals surface area (Å²) in [5.41, 5.74) is -0.325. The van der Waals surface area contributed by atoms with Crippen molar-refractivity contribution in [3.8, 4) is 5.69 Å². The highest BCUT2D eigenvalue weighted by atomic mass is 79.9. The molecule has 1 N–H and O–H groups in total. The molecule has 7 heteroatoms. The van der Waals surface area contributed by atoms with Crippen LogP contribution in [0.1, 0.15) is 0 Å². The van der Waals surface area contributed by atoms with E-state index in [1.165, 1.54) is 0 Å². The van der Waals surface area contributed by atoms with Crippen LogP contribution in [0.5, 0.6) is 0 Å². The molecule has 0 amide bonds. The predicted molar refractivity (Wildman–Crippen MR) is 87.9 cm³/mol. The third-order valence-corrected chi connectivity index (χ3v) is 4.33. The molecule has 2 aromatic carbocycles. The number of nitrogens with zero attached hydrogens (tertiary/aromatic N) is 1. The second-order valence-corrected chi connectivity index (χ2v) is 6.03. The molecule has 1 aromatic heterocycles. The molecule has 0 saturated heterocycles. The van der Waals surface area contributed by atoms with E-state index < -0.39 is 11.2 Å². The first-order valence-corrected chi connectivity index (χ1v) is 7.43. The average Bonchev–Trinajstić information content (AvgIpc) is 2.43. The van der Waals surface area contributed by atoms with E-state index in [9.17, 15) is 9.59 Å². The van der Waals surface area contributed by atoms with Gasteiger partial charge in [0.15, 0.2) is 0 Å². The van der Waals surface area contributed by atoms with Crippen molar-refractivity contribution in [2.45, 2.75) is 0 Å². The fourth-order valence-corrected chi connectivity index (χ4v) is 2.82. The third kappa shape index (κ3) is 2.41. The van der Waals surface area contributed by atoms with Gasteiger partial charge in [0.2, 0.25) is 0 Å². The fourth-order valence-electron chi connectivity index (χ4n) is 2.07. The lowest BCUT2D eigenvalue weighted by molar-refractivity contribution is 0.901. The van der Waals surface area contributed by atoms with Crippen LogP contribution in [0.15, 0.2) is 50.5 Å². The van der Waals surface area contributed by atoms with Crippen LogP contribution in [0.4, 0.5) is 0 Å². The van der Waals surface area contributed by atoms with Gasteiger partial charge in [0.05, 0.1) is 26.6 Å². The van der Waals surface area contributed by atoms with Gasteiger partial charge in [-0.3, -0.25) is 4.79 Å². The summed E-state index contributed by atoms with van der Waals surface area (Å²) in [7, 11) is 0. The van der Waals surface area contributed by atoms with Crippen molar-refractivity contribution in [3.05, 3.63) is 71.8 Å². The standard InChI is InChI=1S/C14H7BrCl2N2O2/c15-7-4-5-8-10(6-7)18-14(21)19(13(8)20)11-3-1-2-9(16)12(11)17/h1-6H,(H,18,21). The van der Waals surface area contributed by atoms with Crippen LogP contribution in [0.3, 0.4) is 0 Å². The molecule has 3 aromatic rings. The van der Waals surface area contributed by atoms with E-state index in [-0.39, 0.29) is 15.7 Å². The Labute approximate surface area is 137 Å². The molecule has 0 fully saturated rings. The van der Waals surface area contributed by atoms with Gasteiger partial charge in [-0.05, 0) is 30.3 Å². The van der Waals surface area contributed by atoms with Gasteiger partial charge in [-0.2, -0.15) is 0 Å². The molecule has 0 atom stereocenters. The Morgan fingerprint density at radius 2 is 1.86 bits per heavy atom. The number of nitrogens with one attached hydrogen (secondary N) is 1. The molecule has 0 aliphatic rings. The highest BCUT2D eigenvalue weighted by Gasteiger charge is 2.13. The lowest BCUT2D eigenvalue weighted by atomic mass is 10.2. The summed E-state index contributed by atoms with van der Waals surface area (Å²) < 4.78 is 1.74. The van der Waals surface area contributed by atoms with Crippen LogP contribution in [-0.4, -0.2) is 9.55 Å². The molecule has 0 spiro atoms. The van der Waals surface area contributed by atoms with Gasteiger partial charge in [0.1, 0.15) is 0 Å². The van der Waals surface area contributed by atoms with Gasteiger partial charge < -0.3 is 4.98 Å². The summed E-state index contributed by atoms with van der Waals surface area (Å²) in [5, 5.41) is 0.813. The first-order valence-electron chi connectivity index (χ1n) is 5.88. The van der Waals surface area contributed by atoms with Crippen LogP contribution in [0.25, 0.3) is 16.6 Å². The Bertz CT molecular complexity index is 979. The summed E-state index contributed by atoms with van der Waals surface area (Å²) in [5.74, 6) is 0. The molecule has 0 radical (unpaired) electrons. The number of fused-ring (bicyclic) bond motifs is 1. The van der Waals surface area contributed by atoms with Crippen molar-refractivity contribution in [1.82, 2.24) is 9.55 Å². The summed E-state index contributed by atoms with van der Waals surface area (Å²) in [6.07, 6.45) is 0. The number of aromatic nitrogens is 2. The first kappa shape index (κ1) is 14.4. The van der Waals surface area contributed by atoms with Crippen LogP contribution in [0, 0.1) is 0 Å². The van der Waals surface area contributed by atoms with Crippen molar-refractivity contribution in [3.63, 3.8) is 0 Å². The maximum atomic E-state index is 12.6. The van der Waals surface area contributed by atoms with Crippen molar-refractivity contribution >= 4 is 50.0 Å². The normalized spacial score (nSPS) is 11.0. The molecule has 0 saturated carbocycles. The van der Waals surface area contributed by atoms with Gasteiger partial charge in [0, 0.05) is 4.47 Å². The van der Waals surface area contributed by atoms with Gasteiger partial charge in [-0.15, -0.1) is 0 Å². The Hall–Kier alpha value is -1.56. The highest BCUT2D eigenvalue weighted by Crippen LogP contribution is 2.27. The second kappa shape index (κ2) is 5.33. The lowest BCUT2D eigenvalue weighted by Crippen LogP contribution is -2.33. The van der Waals surface area contributed by atoms with Crippen molar-refractivity contribution < 1.29 is 0 Å². The van der Waals surface area contributed by atoms with E-state index in [1.54, 1.807) is 36.4 Å². The van der Waals surface area contributed by atoms with Gasteiger partial charge >= 0.3 is 5.69 Å². The van der Waals surface area contributed by atoms with Gasteiger partial charge in [0.25, 0.3) is 5.56 Å². The number of hydrogen-bond acceptors (Lipinski definition) is 2. The SMILES string of the molecule is O=c1[nH]c2cc(Br)ccc2c(=O)n1-c1cccc(Cl)c1Cl. The average molecular weight is 386 g/mol. The van der Waals surface area contributed by atoms with Crippen LogP contribution in [0.2, 0.25) is 10.0 Å². The fraction of sp³-hybridized carbons (Fsp3) is 0. The monoisotopic (exact) mass is 384 g/mol. The molecule has 0 aliphatic heterocycles. The summed E-state index contributed by atoms with van der Waals surface area (Å²) in [6, 6.07) is 9.81. The van der Waals surface area contributed by atoms with E-state index in [2.05, 4.69) is 20.9 Å². The zero-order chi connectivity index (χ0) is 15.1. The topological polar surface area (TPSA) is 54.9 Å². The summed E-state index contributed by atoms with van der Waals surface area (Å²) in [4.78, 5) is 27.4. The lowest BCUT2D eigenvalue weighted by Gasteiger charge is -2.09. The molecule has 4 nitrogen and oxygen atoms in total. The summed E-state index contributed by atoms with van der Waals surface area (Å²) >= 11 is 15.3. The largest absolute Gasteiger partial charge is 0.333 e. The minimum atomic E-state index is -0.574. The summed E-state index contributed by atoms with van der Waals surface area (Å²) in [6.45, 7) is 0. The smallest absolute Gasteiger partial charge is 0.306 e. The molecule has 106 valence electrons. The molecule has 3 rings (SSSR count). The van der Waals surface area contributed by atoms with E-state index in [4.69, 9.17) is 23.2 Å². The van der Waals surface area contributed by atoms with Crippen LogP contribution >= 0.6 is 39.1 Å². The number of rotatable bonds is 1. The quantitative estimate of drug-likeness (QED) is 0.693.